The number of nitrogens with zero attached hydrogens (tertiary/aromatic N) is 1. The molecule has 0 aliphatic heterocycles. The number of likely N-dealkylation sites (N-methyl/N-ethyl adjacent to an activating group) is 1. The van der Waals surface area contributed by atoms with Gasteiger partial charge in [0.25, 0.3) is 0 Å². The molecule has 19 heavy (non-hydrogen) atoms. The van der Waals surface area contributed by atoms with Gasteiger partial charge in [-0.05, 0) is 30.7 Å². The Labute approximate surface area is 115 Å². The molecule has 2 aromatic rings. The predicted molar refractivity (Wildman–Crippen MR) is 77.8 cm³/mol. The molecule has 2 rings (SSSR count). The van der Waals surface area contributed by atoms with E-state index in [4.69, 9.17) is 10.2 Å². The van der Waals surface area contributed by atoms with Crippen LogP contribution in [-0.4, -0.2) is 24.0 Å². The zero-order valence-electron chi connectivity index (χ0n) is 11.5. The molecule has 1 aromatic heterocycles. The van der Waals surface area contributed by atoms with Crippen LogP contribution in [0.15, 0.2) is 53.1 Å². The van der Waals surface area contributed by atoms with Gasteiger partial charge in [-0.25, -0.2) is 0 Å². The van der Waals surface area contributed by atoms with Crippen molar-refractivity contribution in [2.24, 2.45) is 5.73 Å². The molecule has 0 bridgehead atoms. The van der Waals surface area contributed by atoms with Crippen LogP contribution in [0.2, 0.25) is 0 Å². The summed E-state index contributed by atoms with van der Waals surface area (Å²) in [5, 5.41) is 0. The molecule has 0 aliphatic rings. The lowest BCUT2D eigenvalue weighted by atomic mass is 10.0. The van der Waals surface area contributed by atoms with Crippen molar-refractivity contribution < 1.29 is 4.42 Å². The maximum Gasteiger partial charge on any atom is 0.117 e. The van der Waals surface area contributed by atoms with Crippen LogP contribution in [-0.2, 0) is 13.0 Å². The number of hydrogen-bond acceptors (Lipinski definition) is 3. The molecule has 1 atom stereocenters. The molecular formula is C16H22N2O. The van der Waals surface area contributed by atoms with Crippen LogP contribution in [0.3, 0.4) is 0 Å². The van der Waals surface area contributed by atoms with Gasteiger partial charge in [0, 0.05) is 12.6 Å². The van der Waals surface area contributed by atoms with Gasteiger partial charge in [-0.1, -0.05) is 37.3 Å². The van der Waals surface area contributed by atoms with Crippen LogP contribution in [0.5, 0.6) is 0 Å². The molecule has 1 unspecified atom stereocenters. The molecule has 0 radical (unpaired) electrons. The van der Waals surface area contributed by atoms with Crippen molar-refractivity contribution in [3.05, 3.63) is 60.1 Å². The molecule has 3 nitrogen and oxygen atoms in total. The molecule has 1 heterocycles. The fourth-order valence-corrected chi connectivity index (χ4v) is 2.35. The van der Waals surface area contributed by atoms with E-state index < -0.39 is 0 Å². The summed E-state index contributed by atoms with van der Waals surface area (Å²) in [6.45, 7) is 4.60. The largest absolute Gasteiger partial charge is 0.468 e. The van der Waals surface area contributed by atoms with Crippen LogP contribution in [0.1, 0.15) is 18.2 Å². The number of hydrogen-bond donors (Lipinski definition) is 1. The Hall–Kier alpha value is -1.58. The predicted octanol–water partition coefficient (Wildman–Crippen LogP) is 2.67. The third kappa shape index (κ3) is 3.94. The maximum atomic E-state index is 5.95. The second-order valence-corrected chi connectivity index (χ2v) is 4.72. The van der Waals surface area contributed by atoms with Crippen LogP contribution in [0.25, 0.3) is 0 Å². The van der Waals surface area contributed by atoms with E-state index in [1.807, 2.05) is 18.2 Å². The Kier molecular flexibility index (Phi) is 5.19. The van der Waals surface area contributed by atoms with Gasteiger partial charge in [0.2, 0.25) is 0 Å². The Morgan fingerprint density at radius 3 is 2.53 bits per heavy atom. The van der Waals surface area contributed by atoms with Crippen LogP contribution >= 0.6 is 0 Å². The first-order valence-electron chi connectivity index (χ1n) is 6.84. The van der Waals surface area contributed by atoms with E-state index in [2.05, 4.69) is 36.1 Å². The molecule has 1 aromatic carbocycles. The van der Waals surface area contributed by atoms with Crippen molar-refractivity contribution in [2.75, 3.05) is 13.1 Å². The highest BCUT2D eigenvalue weighted by molar-refractivity contribution is 5.16. The SMILES string of the molecule is CCN(Cc1ccco1)C(CN)Cc1ccccc1. The van der Waals surface area contributed by atoms with Crippen molar-refractivity contribution in [3.8, 4) is 0 Å². The van der Waals surface area contributed by atoms with Crippen LogP contribution in [0, 0.1) is 0 Å². The standard InChI is InChI=1S/C16H22N2O/c1-2-18(13-16-9-6-10-19-16)15(12-17)11-14-7-4-3-5-8-14/h3-10,15H,2,11-13,17H2,1H3. The van der Waals surface area contributed by atoms with Gasteiger partial charge >= 0.3 is 0 Å². The quantitative estimate of drug-likeness (QED) is 0.830. The fourth-order valence-electron chi connectivity index (χ4n) is 2.35. The average Bonchev–Trinajstić information content (AvgIpc) is 2.96. The van der Waals surface area contributed by atoms with Gasteiger partial charge < -0.3 is 10.2 Å². The minimum Gasteiger partial charge on any atom is -0.468 e. The van der Waals surface area contributed by atoms with Gasteiger partial charge in [-0.3, -0.25) is 4.90 Å². The average molecular weight is 258 g/mol. The Morgan fingerprint density at radius 1 is 1.16 bits per heavy atom. The normalized spacial score (nSPS) is 12.8. The van der Waals surface area contributed by atoms with Crippen molar-refractivity contribution in [3.63, 3.8) is 0 Å². The lowest BCUT2D eigenvalue weighted by Gasteiger charge is -2.29. The van der Waals surface area contributed by atoms with E-state index in [9.17, 15) is 0 Å². The first kappa shape index (κ1) is 13.8. The molecule has 0 aliphatic carbocycles. The minimum atomic E-state index is 0.345. The number of nitrogens with two attached hydrogens (primary N) is 1. The lowest BCUT2D eigenvalue weighted by Crippen LogP contribution is -2.41. The van der Waals surface area contributed by atoms with Gasteiger partial charge in [0.1, 0.15) is 5.76 Å². The molecule has 0 saturated carbocycles. The Morgan fingerprint density at radius 2 is 1.95 bits per heavy atom. The summed E-state index contributed by atoms with van der Waals surface area (Å²) in [6.07, 6.45) is 2.70. The first-order chi connectivity index (χ1) is 9.33. The Balaban J connectivity index is 2.02. The summed E-state index contributed by atoms with van der Waals surface area (Å²) in [5.41, 5.74) is 7.28. The second kappa shape index (κ2) is 7.12. The molecule has 3 heteroatoms. The molecule has 0 spiro atoms. The monoisotopic (exact) mass is 258 g/mol. The van der Waals surface area contributed by atoms with Gasteiger partial charge in [-0.2, -0.15) is 0 Å². The Bertz CT molecular complexity index is 453. The summed E-state index contributed by atoms with van der Waals surface area (Å²) >= 11 is 0. The van der Waals surface area contributed by atoms with E-state index in [1.165, 1.54) is 5.56 Å². The third-order valence-corrected chi connectivity index (χ3v) is 3.45. The van der Waals surface area contributed by atoms with Crippen molar-refractivity contribution in [2.45, 2.75) is 25.9 Å². The van der Waals surface area contributed by atoms with Gasteiger partial charge in [-0.15, -0.1) is 0 Å². The van der Waals surface area contributed by atoms with E-state index in [-0.39, 0.29) is 0 Å². The van der Waals surface area contributed by atoms with Crippen molar-refractivity contribution >= 4 is 0 Å². The van der Waals surface area contributed by atoms with Gasteiger partial charge in [0.05, 0.1) is 12.8 Å². The smallest absolute Gasteiger partial charge is 0.117 e. The summed E-state index contributed by atoms with van der Waals surface area (Å²) < 4.78 is 5.43. The summed E-state index contributed by atoms with van der Waals surface area (Å²) in [4.78, 5) is 2.37. The summed E-state index contributed by atoms with van der Waals surface area (Å²) in [6, 6.07) is 14.8. The van der Waals surface area contributed by atoms with Crippen LogP contribution in [0.4, 0.5) is 0 Å². The highest BCUT2D eigenvalue weighted by Crippen LogP contribution is 2.12. The highest BCUT2D eigenvalue weighted by Gasteiger charge is 2.17. The van der Waals surface area contributed by atoms with Gasteiger partial charge in [0.15, 0.2) is 0 Å². The highest BCUT2D eigenvalue weighted by atomic mass is 16.3. The lowest BCUT2D eigenvalue weighted by molar-refractivity contribution is 0.185. The summed E-state index contributed by atoms with van der Waals surface area (Å²) in [5.74, 6) is 0.994. The number of furan rings is 1. The van der Waals surface area contributed by atoms with E-state index >= 15 is 0 Å². The molecule has 0 fully saturated rings. The molecular weight excluding hydrogens is 236 g/mol. The minimum absolute atomic E-state index is 0.345. The molecule has 0 amide bonds. The number of benzene rings is 1. The third-order valence-electron chi connectivity index (χ3n) is 3.45. The number of rotatable bonds is 7. The fraction of sp³-hybridized carbons (Fsp3) is 0.375. The second-order valence-electron chi connectivity index (χ2n) is 4.72. The van der Waals surface area contributed by atoms with Crippen molar-refractivity contribution in [1.29, 1.82) is 0 Å². The van der Waals surface area contributed by atoms with Crippen LogP contribution < -0.4 is 5.73 Å². The molecule has 0 saturated heterocycles. The van der Waals surface area contributed by atoms with Crippen molar-refractivity contribution in [1.82, 2.24) is 4.90 Å². The molecule has 2 N–H and O–H groups in total. The van der Waals surface area contributed by atoms with E-state index in [0.29, 0.717) is 12.6 Å². The summed E-state index contributed by atoms with van der Waals surface area (Å²) in [7, 11) is 0. The topological polar surface area (TPSA) is 42.4 Å². The molecule has 102 valence electrons. The first-order valence-corrected chi connectivity index (χ1v) is 6.84. The zero-order valence-corrected chi connectivity index (χ0v) is 11.5. The van der Waals surface area contributed by atoms with E-state index in [0.717, 1.165) is 25.3 Å². The maximum absolute atomic E-state index is 5.95. The zero-order chi connectivity index (χ0) is 13.5. The van der Waals surface area contributed by atoms with E-state index in [1.54, 1.807) is 6.26 Å².